The highest BCUT2D eigenvalue weighted by molar-refractivity contribution is 5.94. The number of fused-ring (bicyclic) bond motifs is 1. The van der Waals surface area contributed by atoms with E-state index in [0.717, 1.165) is 19.4 Å². The van der Waals surface area contributed by atoms with Crippen molar-refractivity contribution >= 4 is 5.78 Å². The van der Waals surface area contributed by atoms with Gasteiger partial charge in [0.05, 0.1) is 6.61 Å². The van der Waals surface area contributed by atoms with Crippen LogP contribution in [-0.2, 0) is 9.53 Å². The van der Waals surface area contributed by atoms with Crippen LogP contribution in [0, 0.1) is 5.41 Å². The monoisotopic (exact) mass is 166 g/mol. The second-order valence-electron chi connectivity index (χ2n) is 3.88. The van der Waals surface area contributed by atoms with Crippen molar-refractivity contribution in [3.63, 3.8) is 0 Å². The predicted octanol–water partition coefficient (Wildman–Crippen LogP) is 1.70. The SMILES string of the molecule is COCC12CCCC1=CC(=O)C2. The Labute approximate surface area is 72.6 Å². The molecule has 2 aliphatic rings. The summed E-state index contributed by atoms with van der Waals surface area (Å²) in [5.74, 6) is 0.293. The van der Waals surface area contributed by atoms with Gasteiger partial charge in [-0.3, -0.25) is 4.79 Å². The summed E-state index contributed by atoms with van der Waals surface area (Å²) < 4.78 is 5.19. The lowest BCUT2D eigenvalue weighted by Gasteiger charge is -2.24. The van der Waals surface area contributed by atoms with Crippen LogP contribution >= 0.6 is 0 Å². The number of rotatable bonds is 2. The number of ether oxygens (including phenoxy) is 1. The zero-order chi connectivity index (χ0) is 8.60. The highest BCUT2D eigenvalue weighted by atomic mass is 16.5. The highest BCUT2D eigenvalue weighted by Gasteiger charge is 2.43. The Morgan fingerprint density at radius 3 is 3.25 bits per heavy atom. The molecule has 0 bridgehead atoms. The predicted molar refractivity (Wildman–Crippen MR) is 45.9 cm³/mol. The lowest BCUT2D eigenvalue weighted by Crippen LogP contribution is -2.22. The molecule has 0 aliphatic heterocycles. The smallest absolute Gasteiger partial charge is 0.156 e. The first-order valence-electron chi connectivity index (χ1n) is 4.50. The van der Waals surface area contributed by atoms with E-state index in [1.54, 1.807) is 7.11 Å². The van der Waals surface area contributed by atoms with Gasteiger partial charge in [-0.05, 0) is 25.3 Å². The van der Waals surface area contributed by atoms with Crippen LogP contribution in [0.15, 0.2) is 11.6 Å². The molecule has 2 heteroatoms. The molecule has 2 aliphatic carbocycles. The molecule has 0 heterocycles. The number of hydrogen-bond acceptors (Lipinski definition) is 2. The fraction of sp³-hybridized carbons (Fsp3) is 0.700. The molecule has 0 spiro atoms. The molecule has 0 N–H and O–H groups in total. The van der Waals surface area contributed by atoms with Gasteiger partial charge in [0.1, 0.15) is 0 Å². The second kappa shape index (κ2) is 2.70. The molecule has 2 rings (SSSR count). The molecule has 1 fully saturated rings. The average molecular weight is 166 g/mol. The molecule has 1 atom stereocenters. The number of allylic oxidation sites excluding steroid dienone is 1. The summed E-state index contributed by atoms with van der Waals surface area (Å²) in [6.45, 7) is 0.727. The molecule has 66 valence electrons. The third-order valence-corrected chi connectivity index (χ3v) is 3.05. The van der Waals surface area contributed by atoms with E-state index in [1.165, 1.54) is 12.0 Å². The summed E-state index contributed by atoms with van der Waals surface area (Å²) in [6.07, 6.45) is 6.00. The van der Waals surface area contributed by atoms with E-state index < -0.39 is 0 Å². The average Bonchev–Trinajstić information content (AvgIpc) is 2.44. The molecule has 0 aromatic heterocycles. The molecule has 1 saturated carbocycles. The molecule has 0 aromatic carbocycles. The summed E-state index contributed by atoms with van der Waals surface area (Å²) in [6, 6.07) is 0. The highest BCUT2D eigenvalue weighted by Crippen LogP contribution is 2.49. The van der Waals surface area contributed by atoms with Gasteiger partial charge in [0, 0.05) is 18.9 Å². The van der Waals surface area contributed by atoms with Crippen molar-refractivity contribution in [1.29, 1.82) is 0 Å². The molecule has 12 heavy (non-hydrogen) atoms. The number of ketones is 1. The number of carbonyl (C=O) groups is 1. The van der Waals surface area contributed by atoms with Crippen molar-refractivity contribution in [2.75, 3.05) is 13.7 Å². The van der Waals surface area contributed by atoms with Gasteiger partial charge in [-0.1, -0.05) is 5.57 Å². The van der Waals surface area contributed by atoms with Crippen molar-refractivity contribution in [2.24, 2.45) is 5.41 Å². The summed E-state index contributed by atoms with van der Waals surface area (Å²) in [5.41, 5.74) is 1.46. The van der Waals surface area contributed by atoms with Crippen LogP contribution in [-0.4, -0.2) is 19.5 Å². The minimum absolute atomic E-state index is 0.117. The molecule has 0 radical (unpaired) electrons. The summed E-state index contributed by atoms with van der Waals surface area (Å²) in [4.78, 5) is 11.2. The molecule has 2 nitrogen and oxygen atoms in total. The zero-order valence-corrected chi connectivity index (χ0v) is 7.43. The molecule has 0 amide bonds. The summed E-state index contributed by atoms with van der Waals surface area (Å²) in [7, 11) is 1.72. The maximum Gasteiger partial charge on any atom is 0.156 e. The Morgan fingerprint density at radius 2 is 2.50 bits per heavy atom. The van der Waals surface area contributed by atoms with Crippen LogP contribution in [0.4, 0.5) is 0 Å². The lowest BCUT2D eigenvalue weighted by molar-refractivity contribution is -0.115. The van der Waals surface area contributed by atoms with Crippen molar-refractivity contribution in [2.45, 2.75) is 25.7 Å². The second-order valence-corrected chi connectivity index (χ2v) is 3.88. The molecular weight excluding hydrogens is 152 g/mol. The van der Waals surface area contributed by atoms with Crippen molar-refractivity contribution in [3.05, 3.63) is 11.6 Å². The number of methoxy groups -OCH3 is 1. The first-order chi connectivity index (χ1) is 5.77. The van der Waals surface area contributed by atoms with E-state index in [2.05, 4.69) is 0 Å². The quantitative estimate of drug-likeness (QED) is 0.624. The molecule has 1 unspecified atom stereocenters. The fourth-order valence-electron chi connectivity index (χ4n) is 2.54. The van der Waals surface area contributed by atoms with Crippen molar-refractivity contribution in [3.8, 4) is 0 Å². The number of hydrogen-bond donors (Lipinski definition) is 0. The minimum Gasteiger partial charge on any atom is -0.384 e. The standard InChI is InChI=1S/C10H14O2/c1-12-7-10-4-2-3-8(10)5-9(11)6-10/h5H,2-4,6-7H2,1H3. The van der Waals surface area contributed by atoms with E-state index in [9.17, 15) is 4.79 Å². The van der Waals surface area contributed by atoms with E-state index in [4.69, 9.17) is 4.74 Å². The first kappa shape index (κ1) is 7.99. The normalized spacial score (nSPS) is 33.8. The van der Waals surface area contributed by atoms with Crippen molar-refractivity contribution in [1.82, 2.24) is 0 Å². The Morgan fingerprint density at radius 1 is 1.67 bits per heavy atom. The zero-order valence-electron chi connectivity index (χ0n) is 7.43. The number of carbonyl (C=O) groups excluding carboxylic acids is 1. The van der Waals surface area contributed by atoms with E-state index in [-0.39, 0.29) is 5.41 Å². The summed E-state index contributed by atoms with van der Waals surface area (Å²) in [5, 5.41) is 0. The largest absolute Gasteiger partial charge is 0.384 e. The molecule has 0 aromatic rings. The van der Waals surface area contributed by atoms with Crippen LogP contribution in [0.2, 0.25) is 0 Å². The van der Waals surface area contributed by atoms with Crippen LogP contribution in [0.3, 0.4) is 0 Å². The van der Waals surface area contributed by atoms with Gasteiger partial charge in [0.15, 0.2) is 5.78 Å². The van der Waals surface area contributed by atoms with E-state index >= 15 is 0 Å². The van der Waals surface area contributed by atoms with Crippen LogP contribution in [0.5, 0.6) is 0 Å². The van der Waals surface area contributed by atoms with Gasteiger partial charge in [0.25, 0.3) is 0 Å². The lowest BCUT2D eigenvalue weighted by atomic mass is 9.84. The van der Waals surface area contributed by atoms with Gasteiger partial charge in [-0.25, -0.2) is 0 Å². The first-order valence-corrected chi connectivity index (χ1v) is 4.50. The van der Waals surface area contributed by atoms with Gasteiger partial charge in [0.2, 0.25) is 0 Å². The Bertz CT molecular complexity index is 242. The van der Waals surface area contributed by atoms with E-state index in [0.29, 0.717) is 12.2 Å². The fourth-order valence-corrected chi connectivity index (χ4v) is 2.54. The topological polar surface area (TPSA) is 26.3 Å². The third kappa shape index (κ3) is 1.02. The van der Waals surface area contributed by atoms with Crippen LogP contribution in [0.1, 0.15) is 25.7 Å². The minimum atomic E-state index is 0.117. The van der Waals surface area contributed by atoms with Gasteiger partial charge < -0.3 is 4.74 Å². The van der Waals surface area contributed by atoms with Gasteiger partial charge >= 0.3 is 0 Å². The Hall–Kier alpha value is -0.630. The van der Waals surface area contributed by atoms with Crippen molar-refractivity contribution < 1.29 is 9.53 Å². The third-order valence-electron chi connectivity index (χ3n) is 3.05. The van der Waals surface area contributed by atoms with Crippen LogP contribution in [0.25, 0.3) is 0 Å². The molecule has 0 saturated heterocycles. The maximum absolute atomic E-state index is 11.2. The Balaban J connectivity index is 2.24. The van der Waals surface area contributed by atoms with Gasteiger partial charge in [-0.15, -0.1) is 0 Å². The molecular formula is C10H14O2. The summed E-state index contributed by atoms with van der Waals surface area (Å²) >= 11 is 0. The Kier molecular flexibility index (Phi) is 1.80. The maximum atomic E-state index is 11.2. The van der Waals surface area contributed by atoms with E-state index in [1.807, 2.05) is 6.08 Å². The van der Waals surface area contributed by atoms with Crippen LogP contribution < -0.4 is 0 Å². The van der Waals surface area contributed by atoms with Gasteiger partial charge in [-0.2, -0.15) is 0 Å².